The molecule has 0 aliphatic carbocycles. The predicted octanol–water partition coefficient (Wildman–Crippen LogP) is 3.82. The van der Waals surface area contributed by atoms with Gasteiger partial charge in [0.2, 0.25) is 5.88 Å². The molecule has 0 aromatic carbocycles. The van der Waals surface area contributed by atoms with Crippen LogP contribution in [0.2, 0.25) is 0 Å². The van der Waals surface area contributed by atoms with Gasteiger partial charge in [-0.25, -0.2) is 14.5 Å². The topological polar surface area (TPSA) is 129 Å². The molecule has 5 aromatic rings. The number of aromatic nitrogens is 6. The van der Waals surface area contributed by atoms with Crippen LogP contribution in [0.25, 0.3) is 27.9 Å². The van der Waals surface area contributed by atoms with Crippen LogP contribution in [0.15, 0.2) is 67.3 Å². The SMILES string of the molecule is COc1ccc(CN2C3CC2CN(c2ccc(-c4cc(-c5ccc(C(C)(C)O)nn5)cn5ncc(C#N)c45)cn2)C3)cn1. The Morgan fingerprint density at radius 2 is 1.84 bits per heavy atom. The van der Waals surface area contributed by atoms with Gasteiger partial charge in [-0.3, -0.25) is 4.90 Å². The van der Waals surface area contributed by atoms with E-state index in [1.807, 2.05) is 36.8 Å². The second kappa shape index (κ2) is 10.4. The Morgan fingerprint density at radius 3 is 2.47 bits per heavy atom. The van der Waals surface area contributed by atoms with E-state index in [2.05, 4.69) is 54.3 Å². The summed E-state index contributed by atoms with van der Waals surface area (Å²) in [5, 5.41) is 33.1. The van der Waals surface area contributed by atoms with Gasteiger partial charge in [-0.05, 0) is 56.2 Å². The van der Waals surface area contributed by atoms with Gasteiger partial charge in [0, 0.05) is 73.1 Å². The first-order valence-electron chi connectivity index (χ1n) is 14.2. The lowest BCUT2D eigenvalue weighted by molar-refractivity contribution is -0.00876. The molecule has 2 atom stereocenters. The molecule has 0 radical (unpaired) electrons. The van der Waals surface area contributed by atoms with Crippen LogP contribution in [0.5, 0.6) is 5.88 Å². The molecule has 2 bridgehead atoms. The molecule has 0 amide bonds. The number of ether oxygens (including phenoxy) is 1. The molecule has 216 valence electrons. The lowest BCUT2D eigenvalue weighted by Gasteiger charge is -2.56. The van der Waals surface area contributed by atoms with Gasteiger partial charge < -0.3 is 14.7 Å². The highest BCUT2D eigenvalue weighted by molar-refractivity contribution is 5.87. The molecule has 2 unspecified atom stereocenters. The predicted molar refractivity (Wildman–Crippen MR) is 160 cm³/mol. The Morgan fingerprint density at radius 1 is 1.00 bits per heavy atom. The van der Waals surface area contributed by atoms with Crippen molar-refractivity contribution in [2.75, 3.05) is 25.1 Å². The van der Waals surface area contributed by atoms with Crippen molar-refractivity contribution in [2.45, 2.75) is 44.5 Å². The van der Waals surface area contributed by atoms with E-state index in [0.717, 1.165) is 42.1 Å². The maximum Gasteiger partial charge on any atom is 0.212 e. The van der Waals surface area contributed by atoms with E-state index in [1.54, 1.807) is 37.7 Å². The zero-order chi connectivity index (χ0) is 29.7. The highest BCUT2D eigenvalue weighted by atomic mass is 16.5. The van der Waals surface area contributed by atoms with Crippen LogP contribution < -0.4 is 9.64 Å². The third kappa shape index (κ3) is 4.94. The number of piperidine rings is 1. The van der Waals surface area contributed by atoms with Gasteiger partial charge in [-0.15, -0.1) is 0 Å². The van der Waals surface area contributed by atoms with Crippen LogP contribution in [-0.4, -0.2) is 72.1 Å². The molecule has 8 heterocycles. The van der Waals surface area contributed by atoms with E-state index in [9.17, 15) is 10.4 Å². The van der Waals surface area contributed by atoms with Crippen molar-refractivity contribution in [1.29, 1.82) is 5.26 Å². The van der Waals surface area contributed by atoms with E-state index in [-0.39, 0.29) is 0 Å². The van der Waals surface area contributed by atoms with Crippen molar-refractivity contribution in [3.05, 3.63) is 84.1 Å². The van der Waals surface area contributed by atoms with Gasteiger partial charge >= 0.3 is 0 Å². The van der Waals surface area contributed by atoms with E-state index in [0.29, 0.717) is 40.4 Å². The van der Waals surface area contributed by atoms with Crippen LogP contribution in [0.4, 0.5) is 5.82 Å². The number of hydrogen-bond acceptors (Lipinski definition) is 10. The second-order valence-electron chi connectivity index (χ2n) is 11.7. The molecule has 1 N–H and O–H groups in total. The Kier molecular flexibility index (Phi) is 6.53. The molecule has 3 saturated heterocycles. The number of methoxy groups -OCH3 is 1. The molecule has 3 fully saturated rings. The fourth-order valence-corrected chi connectivity index (χ4v) is 6.08. The van der Waals surface area contributed by atoms with Crippen molar-refractivity contribution in [3.63, 3.8) is 0 Å². The fraction of sp³-hybridized carbons (Fsp3) is 0.312. The van der Waals surface area contributed by atoms with Crippen molar-refractivity contribution < 1.29 is 9.84 Å². The summed E-state index contributed by atoms with van der Waals surface area (Å²) >= 11 is 0. The van der Waals surface area contributed by atoms with Crippen LogP contribution in [0.1, 0.15) is 37.1 Å². The highest BCUT2D eigenvalue weighted by Gasteiger charge is 2.44. The number of pyridine rings is 3. The summed E-state index contributed by atoms with van der Waals surface area (Å²) in [6, 6.07) is 16.9. The van der Waals surface area contributed by atoms with Crippen LogP contribution >= 0.6 is 0 Å². The molecule has 11 heteroatoms. The van der Waals surface area contributed by atoms with Crippen molar-refractivity contribution in [1.82, 2.24) is 34.7 Å². The van der Waals surface area contributed by atoms with Crippen molar-refractivity contribution in [2.24, 2.45) is 0 Å². The lowest BCUT2D eigenvalue weighted by atomic mass is 9.87. The lowest BCUT2D eigenvalue weighted by Crippen LogP contribution is -2.68. The molecule has 3 aliphatic rings. The van der Waals surface area contributed by atoms with Crippen LogP contribution in [0, 0.1) is 11.3 Å². The monoisotopic (exact) mass is 573 g/mol. The average molecular weight is 574 g/mol. The number of anilines is 1. The third-order valence-electron chi connectivity index (χ3n) is 8.42. The zero-order valence-electron chi connectivity index (χ0n) is 24.2. The molecule has 3 aliphatic heterocycles. The zero-order valence-corrected chi connectivity index (χ0v) is 24.2. The number of hydrogen-bond donors (Lipinski definition) is 1. The Bertz CT molecular complexity index is 1810. The number of nitriles is 1. The summed E-state index contributed by atoms with van der Waals surface area (Å²) in [7, 11) is 1.63. The molecule has 11 nitrogen and oxygen atoms in total. The summed E-state index contributed by atoms with van der Waals surface area (Å²) in [5.41, 5.74) is 4.93. The molecular weight excluding hydrogens is 542 g/mol. The minimum Gasteiger partial charge on any atom is -0.481 e. The number of nitrogens with zero attached hydrogens (tertiary/aromatic N) is 9. The fourth-order valence-electron chi connectivity index (χ4n) is 6.08. The summed E-state index contributed by atoms with van der Waals surface area (Å²) < 4.78 is 6.89. The van der Waals surface area contributed by atoms with Gasteiger partial charge in [-0.1, -0.05) is 6.07 Å². The van der Waals surface area contributed by atoms with E-state index in [4.69, 9.17) is 9.72 Å². The number of piperazine rings is 1. The minimum atomic E-state index is -1.08. The highest BCUT2D eigenvalue weighted by Crippen LogP contribution is 2.37. The quantitative estimate of drug-likeness (QED) is 0.307. The normalized spacial score (nSPS) is 18.3. The molecule has 8 rings (SSSR count). The van der Waals surface area contributed by atoms with Gasteiger partial charge in [0.05, 0.1) is 35.8 Å². The molecule has 0 saturated carbocycles. The van der Waals surface area contributed by atoms with Crippen molar-refractivity contribution in [3.8, 4) is 34.3 Å². The number of aliphatic hydroxyl groups is 1. The standard InChI is InChI=1S/C32H31N9O2/c1-32(2,42)28-7-6-27(37-38-28)22-10-26(31-23(12-33)15-36-41(31)17-22)21-5-8-29(34-14-21)39-18-24-11-25(19-39)40(24)16-20-4-9-30(43-3)35-13-20/h4-10,13-15,17,24-25,42H,11,16,18-19H2,1-3H3. The van der Waals surface area contributed by atoms with Gasteiger partial charge in [0.25, 0.3) is 0 Å². The summed E-state index contributed by atoms with van der Waals surface area (Å²) in [6.07, 6.45) is 8.37. The smallest absolute Gasteiger partial charge is 0.212 e. The van der Waals surface area contributed by atoms with E-state index in [1.165, 1.54) is 12.0 Å². The van der Waals surface area contributed by atoms with Gasteiger partial charge in [0.1, 0.15) is 17.5 Å². The molecule has 5 aromatic heterocycles. The van der Waals surface area contributed by atoms with Gasteiger partial charge in [-0.2, -0.15) is 20.6 Å². The average Bonchev–Trinajstić information content (AvgIpc) is 3.46. The minimum absolute atomic E-state index is 0.479. The van der Waals surface area contributed by atoms with Crippen LogP contribution in [0.3, 0.4) is 0 Å². The first-order chi connectivity index (χ1) is 20.8. The Balaban J connectivity index is 1.13. The second-order valence-corrected chi connectivity index (χ2v) is 11.7. The van der Waals surface area contributed by atoms with E-state index >= 15 is 0 Å². The summed E-state index contributed by atoms with van der Waals surface area (Å²) in [6.45, 7) is 6.08. The third-order valence-corrected chi connectivity index (χ3v) is 8.42. The maximum atomic E-state index is 10.3. The van der Waals surface area contributed by atoms with Crippen molar-refractivity contribution >= 4 is 11.3 Å². The van der Waals surface area contributed by atoms with Gasteiger partial charge in [0.15, 0.2) is 0 Å². The molecular formula is C32H31N9O2. The molecule has 0 spiro atoms. The largest absolute Gasteiger partial charge is 0.481 e. The summed E-state index contributed by atoms with van der Waals surface area (Å²) in [4.78, 5) is 14.1. The first-order valence-corrected chi connectivity index (χ1v) is 14.2. The van der Waals surface area contributed by atoms with Crippen LogP contribution in [-0.2, 0) is 12.1 Å². The number of rotatable bonds is 7. The maximum absolute atomic E-state index is 10.3. The van der Waals surface area contributed by atoms with E-state index < -0.39 is 5.60 Å². The summed E-state index contributed by atoms with van der Waals surface area (Å²) in [5.74, 6) is 1.57. The Labute approximate surface area is 249 Å². The Hall–Kier alpha value is -4.92. The number of fused-ring (bicyclic) bond motifs is 3. The molecule has 43 heavy (non-hydrogen) atoms. The first kappa shape index (κ1) is 26.9.